The van der Waals surface area contributed by atoms with E-state index < -0.39 is 0 Å². The van der Waals surface area contributed by atoms with Crippen molar-refractivity contribution >= 4 is 23.4 Å². The highest BCUT2D eigenvalue weighted by Crippen LogP contribution is 2.53. The minimum Gasteiger partial charge on any atom is -0.355 e. The number of carbonyl (C=O) groups is 2. The summed E-state index contributed by atoms with van der Waals surface area (Å²) in [6, 6.07) is 15.6. The number of carbonyl (C=O) groups excluding carboxylic acids is 2. The number of benzene rings is 2. The molecular weight excluding hydrogens is 398 g/mol. The largest absolute Gasteiger partial charge is 0.355 e. The van der Waals surface area contributed by atoms with Gasteiger partial charge in [-0.25, -0.2) is 0 Å². The lowest BCUT2D eigenvalue weighted by Crippen LogP contribution is -2.42. The minimum absolute atomic E-state index is 0.00267. The smallest absolute Gasteiger partial charge is 0.251 e. The first-order valence-electron chi connectivity index (χ1n) is 10.3. The Morgan fingerprint density at radius 2 is 1.90 bits per heavy atom. The van der Waals surface area contributed by atoms with Crippen LogP contribution in [0.1, 0.15) is 34.8 Å². The molecule has 3 rings (SSSR count). The highest BCUT2D eigenvalue weighted by Gasteiger charge is 2.55. The number of hydrogen-bond acceptors (Lipinski definition) is 3. The van der Waals surface area contributed by atoms with Crippen molar-refractivity contribution in [1.82, 2.24) is 15.5 Å². The van der Waals surface area contributed by atoms with Gasteiger partial charge in [-0.1, -0.05) is 48.9 Å². The SMILES string of the molecule is CNC(=O)c1ccc(Cl)c(C[C@@H](CNC(=O)C2C[C@]2(C)c2ccccc2)N(C)C)c1. The van der Waals surface area contributed by atoms with Crippen molar-refractivity contribution < 1.29 is 9.59 Å². The van der Waals surface area contributed by atoms with Crippen molar-refractivity contribution in [2.45, 2.75) is 31.2 Å². The van der Waals surface area contributed by atoms with Crippen LogP contribution in [0, 0.1) is 5.92 Å². The maximum Gasteiger partial charge on any atom is 0.251 e. The van der Waals surface area contributed by atoms with Crippen LogP contribution in [0.2, 0.25) is 5.02 Å². The van der Waals surface area contributed by atoms with Gasteiger partial charge < -0.3 is 15.5 Å². The van der Waals surface area contributed by atoms with Crippen molar-refractivity contribution in [3.05, 3.63) is 70.2 Å². The molecule has 1 fully saturated rings. The molecule has 0 spiro atoms. The van der Waals surface area contributed by atoms with Crippen LogP contribution in [-0.2, 0) is 16.6 Å². The molecular formula is C24H30ClN3O2. The lowest BCUT2D eigenvalue weighted by atomic mass is 9.95. The second-order valence-corrected chi connectivity index (χ2v) is 8.90. The van der Waals surface area contributed by atoms with Gasteiger partial charge in [0, 0.05) is 41.6 Å². The van der Waals surface area contributed by atoms with Crippen LogP contribution >= 0.6 is 11.6 Å². The van der Waals surface area contributed by atoms with E-state index in [0.29, 0.717) is 23.6 Å². The molecule has 160 valence electrons. The molecule has 1 saturated carbocycles. The molecule has 6 heteroatoms. The summed E-state index contributed by atoms with van der Waals surface area (Å²) in [5, 5.41) is 6.40. The van der Waals surface area contributed by atoms with E-state index in [0.717, 1.165) is 12.0 Å². The third-order valence-corrected chi connectivity index (χ3v) is 6.59. The Balaban J connectivity index is 1.63. The number of nitrogens with one attached hydrogen (secondary N) is 2. The van der Waals surface area contributed by atoms with Gasteiger partial charge in [0.2, 0.25) is 5.91 Å². The van der Waals surface area contributed by atoms with Crippen LogP contribution in [0.4, 0.5) is 0 Å². The summed E-state index contributed by atoms with van der Waals surface area (Å²) in [6.45, 7) is 2.67. The number of nitrogens with zero attached hydrogens (tertiary/aromatic N) is 1. The Morgan fingerprint density at radius 3 is 2.53 bits per heavy atom. The number of amides is 2. The van der Waals surface area contributed by atoms with Crippen LogP contribution in [0.3, 0.4) is 0 Å². The first-order chi connectivity index (χ1) is 14.3. The standard InChI is InChI=1S/C24H30ClN3O2/c1-24(18-8-6-5-7-9-18)14-20(24)23(30)27-15-19(28(3)4)13-17-12-16(22(29)26-2)10-11-21(17)25/h5-12,19-20H,13-15H2,1-4H3,(H,26,29)(H,27,30)/t19-,20?,24+/m0/s1. The van der Waals surface area contributed by atoms with Gasteiger partial charge in [-0.3, -0.25) is 9.59 Å². The van der Waals surface area contributed by atoms with E-state index in [9.17, 15) is 9.59 Å². The number of rotatable bonds is 8. The van der Waals surface area contributed by atoms with Gasteiger partial charge in [-0.05, 0) is 56.3 Å². The van der Waals surface area contributed by atoms with Gasteiger partial charge in [-0.15, -0.1) is 0 Å². The van der Waals surface area contributed by atoms with Crippen molar-refractivity contribution in [2.75, 3.05) is 27.7 Å². The summed E-state index contributed by atoms with van der Waals surface area (Å²) < 4.78 is 0. The predicted molar refractivity (Wildman–Crippen MR) is 121 cm³/mol. The predicted octanol–water partition coefficient (Wildman–Crippen LogP) is 3.27. The topological polar surface area (TPSA) is 61.4 Å². The quantitative estimate of drug-likeness (QED) is 0.679. The Morgan fingerprint density at radius 1 is 1.20 bits per heavy atom. The summed E-state index contributed by atoms with van der Waals surface area (Å²) in [4.78, 5) is 26.8. The van der Waals surface area contributed by atoms with Gasteiger partial charge in [0.25, 0.3) is 5.91 Å². The first-order valence-corrected chi connectivity index (χ1v) is 10.6. The van der Waals surface area contributed by atoms with E-state index in [-0.39, 0.29) is 29.2 Å². The summed E-state index contributed by atoms with van der Waals surface area (Å²) in [6.07, 6.45) is 1.51. The Kier molecular flexibility index (Phi) is 6.84. The third-order valence-electron chi connectivity index (χ3n) is 6.22. The lowest BCUT2D eigenvalue weighted by molar-refractivity contribution is -0.122. The highest BCUT2D eigenvalue weighted by atomic mass is 35.5. The molecule has 3 atom stereocenters. The summed E-state index contributed by atoms with van der Waals surface area (Å²) in [5.41, 5.74) is 2.61. The van der Waals surface area contributed by atoms with E-state index in [4.69, 9.17) is 11.6 Å². The van der Waals surface area contributed by atoms with E-state index in [1.165, 1.54) is 5.56 Å². The fraction of sp³-hybridized carbons (Fsp3) is 0.417. The minimum atomic E-state index is -0.142. The zero-order valence-corrected chi connectivity index (χ0v) is 18.8. The van der Waals surface area contributed by atoms with Crippen LogP contribution < -0.4 is 10.6 Å². The van der Waals surface area contributed by atoms with Gasteiger partial charge in [0.1, 0.15) is 0 Å². The molecule has 30 heavy (non-hydrogen) atoms. The molecule has 1 unspecified atom stereocenters. The van der Waals surface area contributed by atoms with Gasteiger partial charge in [0.15, 0.2) is 0 Å². The van der Waals surface area contributed by atoms with Crippen molar-refractivity contribution in [1.29, 1.82) is 0 Å². The average molecular weight is 428 g/mol. The zero-order valence-electron chi connectivity index (χ0n) is 18.0. The zero-order chi connectivity index (χ0) is 21.9. The number of likely N-dealkylation sites (N-methyl/N-ethyl adjacent to an activating group) is 1. The summed E-state index contributed by atoms with van der Waals surface area (Å²) >= 11 is 6.38. The molecule has 0 aromatic heterocycles. The van der Waals surface area contributed by atoms with E-state index in [1.54, 1.807) is 19.2 Å². The molecule has 5 nitrogen and oxygen atoms in total. The van der Waals surface area contributed by atoms with Crippen LogP contribution in [0.25, 0.3) is 0 Å². The highest BCUT2D eigenvalue weighted by molar-refractivity contribution is 6.31. The summed E-state index contributed by atoms with van der Waals surface area (Å²) in [7, 11) is 5.58. The third kappa shape index (κ3) is 4.85. The first kappa shape index (κ1) is 22.3. The fourth-order valence-corrected chi connectivity index (χ4v) is 4.13. The second kappa shape index (κ2) is 9.19. The van der Waals surface area contributed by atoms with Crippen molar-refractivity contribution in [3.8, 4) is 0 Å². The Labute approximate surface area is 183 Å². The second-order valence-electron chi connectivity index (χ2n) is 8.49. The molecule has 0 saturated heterocycles. The van der Waals surface area contributed by atoms with Crippen LogP contribution in [0.15, 0.2) is 48.5 Å². The van der Waals surface area contributed by atoms with Crippen molar-refractivity contribution in [3.63, 3.8) is 0 Å². The monoisotopic (exact) mass is 427 g/mol. The number of hydrogen-bond donors (Lipinski definition) is 2. The molecule has 0 heterocycles. The van der Waals surface area contributed by atoms with Crippen LogP contribution in [0.5, 0.6) is 0 Å². The van der Waals surface area contributed by atoms with Crippen molar-refractivity contribution in [2.24, 2.45) is 5.92 Å². The molecule has 0 radical (unpaired) electrons. The lowest BCUT2D eigenvalue weighted by Gasteiger charge is -2.25. The van der Waals surface area contributed by atoms with E-state index >= 15 is 0 Å². The Hall–Kier alpha value is -2.37. The molecule has 2 aromatic rings. The molecule has 0 bridgehead atoms. The van der Waals surface area contributed by atoms with Gasteiger partial charge in [0.05, 0.1) is 0 Å². The molecule has 1 aliphatic carbocycles. The summed E-state index contributed by atoms with van der Waals surface area (Å²) in [5.74, 6) is -0.0437. The average Bonchev–Trinajstić information content (AvgIpc) is 3.45. The maximum atomic E-state index is 12.8. The number of halogens is 1. The van der Waals surface area contributed by atoms with Gasteiger partial charge >= 0.3 is 0 Å². The van der Waals surface area contributed by atoms with Gasteiger partial charge in [-0.2, -0.15) is 0 Å². The van der Waals surface area contributed by atoms with E-state index in [1.807, 2.05) is 38.4 Å². The molecule has 2 amide bonds. The molecule has 2 N–H and O–H groups in total. The fourth-order valence-electron chi connectivity index (χ4n) is 3.93. The Bertz CT molecular complexity index is 916. The maximum absolute atomic E-state index is 12.8. The van der Waals surface area contributed by atoms with Crippen LogP contribution in [-0.4, -0.2) is 50.4 Å². The molecule has 0 aliphatic heterocycles. The molecule has 2 aromatic carbocycles. The van der Waals surface area contributed by atoms with E-state index in [2.05, 4.69) is 34.6 Å². The molecule has 1 aliphatic rings. The normalized spacial score (nSPS) is 21.2.